The minimum absolute atomic E-state index is 0.127. The molecular weight excluding hydrogens is 409 g/mol. The number of hydrogen-bond donors (Lipinski definition) is 1. The zero-order valence-electron chi connectivity index (χ0n) is 14.0. The third kappa shape index (κ3) is 3.23. The van der Waals surface area contributed by atoms with Crippen molar-refractivity contribution in [2.45, 2.75) is 11.0 Å². The summed E-state index contributed by atoms with van der Waals surface area (Å²) in [5.41, 5.74) is 0.558. The molecule has 0 fully saturated rings. The molecule has 3 aromatic carbocycles. The lowest BCUT2D eigenvalue weighted by Crippen LogP contribution is -2.37. The Morgan fingerprint density at radius 1 is 1.07 bits per heavy atom. The van der Waals surface area contributed by atoms with Crippen LogP contribution < -0.4 is 9.04 Å². The summed E-state index contributed by atoms with van der Waals surface area (Å²) < 4.78 is 32.6. The number of anilines is 1. The Balaban J connectivity index is 1.56. The zero-order chi connectivity index (χ0) is 19.2. The molecule has 1 heterocycles. The van der Waals surface area contributed by atoms with Crippen molar-refractivity contribution in [2.24, 2.45) is 0 Å². The number of aliphatic hydroxyl groups is 1. The highest BCUT2D eigenvalue weighted by molar-refractivity contribution is 7.93. The number of sulfonamides is 1. The van der Waals surface area contributed by atoms with E-state index in [-0.39, 0.29) is 18.0 Å². The number of benzene rings is 3. The van der Waals surface area contributed by atoms with Gasteiger partial charge in [-0.1, -0.05) is 47.5 Å². The van der Waals surface area contributed by atoms with Crippen molar-refractivity contribution in [3.8, 4) is 5.75 Å². The van der Waals surface area contributed by atoms with E-state index in [4.69, 9.17) is 27.9 Å². The highest BCUT2D eigenvalue weighted by Gasteiger charge is 2.36. The second kappa shape index (κ2) is 6.87. The van der Waals surface area contributed by atoms with Crippen molar-refractivity contribution in [1.29, 1.82) is 0 Å². The van der Waals surface area contributed by atoms with Crippen LogP contribution in [0.5, 0.6) is 5.75 Å². The molecule has 4 rings (SSSR count). The van der Waals surface area contributed by atoms with Crippen molar-refractivity contribution < 1.29 is 18.3 Å². The van der Waals surface area contributed by atoms with Gasteiger partial charge in [-0.2, -0.15) is 0 Å². The molecule has 3 aromatic rings. The topological polar surface area (TPSA) is 66.8 Å². The van der Waals surface area contributed by atoms with Gasteiger partial charge in [-0.05, 0) is 29.7 Å². The summed E-state index contributed by atoms with van der Waals surface area (Å²) in [4.78, 5) is 0.251. The normalized spacial score (nSPS) is 15.9. The van der Waals surface area contributed by atoms with E-state index in [2.05, 4.69) is 0 Å². The lowest BCUT2D eigenvalue weighted by molar-refractivity contribution is 0.115. The molecule has 0 bridgehead atoms. The molecule has 1 aliphatic rings. The summed E-state index contributed by atoms with van der Waals surface area (Å²) in [6.07, 6.45) is -1.06. The van der Waals surface area contributed by atoms with Gasteiger partial charge in [-0.15, -0.1) is 0 Å². The smallest absolute Gasteiger partial charge is 0.265 e. The van der Waals surface area contributed by atoms with E-state index in [1.165, 1.54) is 4.31 Å². The van der Waals surface area contributed by atoms with Gasteiger partial charge >= 0.3 is 0 Å². The van der Waals surface area contributed by atoms with Crippen LogP contribution in [0.25, 0.3) is 10.8 Å². The Morgan fingerprint density at radius 3 is 2.59 bits per heavy atom. The number of halogens is 2. The van der Waals surface area contributed by atoms with E-state index in [1.54, 1.807) is 42.5 Å². The highest BCUT2D eigenvalue weighted by atomic mass is 35.5. The molecule has 0 saturated heterocycles. The number of β-amino-alcohol motifs (C(OH)–C–C–N with tert-alkyl or cyclic N) is 1. The van der Waals surface area contributed by atoms with Gasteiger partial charge in [0.2, 0.25) is 0 Å². The number of ether oxygens (including phenoxy) is 1. The van der Waals surface area contributed by atoms with Gasteiger partial charge < -0.3 is 9.84 Å². The summed E-state index contributed by atoms with van der Waals surface area (Å²) in [6.45, 7) is -0.257. The van der Waals surface area contributed by atoms with Gasteiger partial charge in [0.1, 0.15) is 18.5 Å². The fraction of sp³-hybridized carbons (Fsp3) is 0.158. The van der Waals surface area contributed by atoms with Crippen LogP contribution in [0, 0.1) is 0 Å². The van der Waals surface area contributed by atoms with Crippen LogP contribution in [0.1, 0.15) is 0 Å². The van der Waals surface area contributed by atoms with Crippen LogP contribution in [0.3, 0.4) is 0 Å². The van der Waals surface area contributed by atoms with Crippen molar-refractivity contribution in [1.82, 2.24) is 0 Å². The van der Waals surface area contributed by atoms with E-state index in [0.29, 0.717) is 26.9 Å². The van der Waals surface area contributed by atoms with Crippen LogP contribution in [-0.2, 0) is 10.0 Å². The van der Waals surface area contributed by atoms with E-state index in [9.17, 15) is 13.5 Å². The standard InChI is InChI=1S/C19H15Cl2NO4S/c20-13-7-8-15(21)17(9-13)26-11-14(23)10-22-16-5-1-3-12-4-2-6-18(19(12)16)27(22,24)25/h1-9,14,23H,10-11H2. The van der Waals surface area contributed by atoms with E-state index in [0.717, 1.165) is 5.39 Å². The first-order valence-electron chi connectivity index (χ1n) is 8.18. The number of aliphatic hydroxyl groups excluding tert-OH is 1. The largest absolute Gasteiger partial charge is 0.489 e. The van der Waals surface area contributed by atoms with Crippen molar-refractivity contribution in [3.63, 3.8) is 0 Å². The molecule has 0 aromatic heterocycles. The van der Waals surface area contributed by atoms with Gasteiger partial charge in [0, 0.05) is 16.5 Å². The van der Waals surface area contributed by atoms with E-state index < -0.39 is 16.1 Å². The second-order valence-corrected chi connectivity index (χ2v) is 8.88. The summed E-state index contributed by atoms with van der Waals surface area (Å²) in [6, 6.07) is 15.3. The fourth-order valence-electron chi connectivity index (χ4n) is 3.17. The third-order valence-corrected chi connectivity index (χ3v) is 6.75. The lowest BCUT2D eigenvalue weighted by Gasteiger charge is -2.22. The average Bonchev–Trinajstić information content (AvgIpc) is 2.86. The third-order valence-electron chi connectivity index (χ3n) is 4.38. The molecule has 0 radical (unpaired) electrons. The van der Waals surface area contributed by atoms with Gasteiger partial charge in [-0.3, -0.25) is 4.31 Å². The Hall–Kier alpha value is -1.99. The predicted octanol–water partition coefficient (Wildman–Crippen LogP) is 4.10. The van der Waals surface area contributed by atoms with Gasteiger partial charge in [0.05, 0.1) is 22.2 Å². The Morgan fingerprint density at radius 2 is 1.81 bits per heavy atom. The molecule has 5 nitrogen and oxygen atoms in total. The van der Waals surface area contributed by atoms with E-state index >= 15 is 0 Å². The molecule has 0 saturated carbocycles. The SMILES string of the molecule is O=S1(=O)c2cccc3cccc(c23)N1CC(O)COc1cc(Cl)ccc1Cl. The molecule has 1 aliphatic heterocycles. The van der Waals surface area contributed by atoms with Crippen LogP contribution in [0.2, 0.25) is 10.0 Å². The molecule has 27 heavy (non-hydrogen) atoms. The molecule has 1 unspecified atom stereocenters. The molecule has 1 atom stereocenters. The average molecular weight is 424 g/mol. The fourth-order valence-corrected chi connectivity index (χ4v) is 5.25. The molecule has 1 N–H and O–H groups in total. The second-order valence-electron chi connectivity index (χ2n) is 6.21. The predicted molar refractivity (Wildman–Crippen MR) is 106 cm³/mol. The first-order valence-corrected chi connectivity index (χ1v) is 10.4. The molecule has 140 valence electrons. The van der Waals surface area contributed by atoms with Gasteiger partial charge in [0.25, 0.3) is 10.0 Å². The maximum absolute atomic E-state index is 12.9. The summed E-state index contributed by atoms with van der Waals surface area (Å²) in [5.74, 6) is 0.331. The van der Waals surface area contributed by atoms with Crippen LogP contribution in [-0.4, -0.2) is 32.8 Å². The Kier molecular flexibility index (Phi) is 4.68. The van der Waals surface area contributed by atoms with Crippen molar-refractivity contribution in [2.75, 3.05) is 17.5 Å². The molecule has 8 heteroatoms. The maximum Gasteiger partial charge on any atom is 0.265 e. The van der Waals surface area contributed by atoms with Gasteiger partial charge in [0.15, 0.2) is 0 Å². The Bertz CT molecular complexity index is 1130. The summed E-state index contributed by atoms with van der Waals surface area (Å²) in [5, 5.41) is 12.7. The summed E-state index contributed by atoms with van der Waals surface area (Å²) >= 11 is 12.0. The number of hydrogen-bond acceptors (Lipinski definition) is 4. The van der Waals surface area contributed by atoms with Gasteiger partial charge in [-0.25, -0.2) is 8.42 Å². The molecule has 0 spiro atoms. The number of nitrogens with zero attached hydrogens (tertiary/aromatic N) is 1. The lowest BCUT2D eigenvalue weighted by atomic mass is 10.1. The van der Waals surface area contributed by atoms with Crippen LogP contribution >= 0.6 is 23.2 Å². The first kappa shape index (κ1) is 18.4. The first-order chi connectivity index (χ1) is 12.9. The Labute approximate surface area is 166 Å². The number of rotatable bonds is 5. The molecular formula is C19H15Cl2NO4S. The quantitative estimate of drug-likeness (QED) is 0.670. The van der Waals surface area contributed by atoms with Crippen molar-refractivity contribution >= 4 is 49.7 Å². The zero-order valence-corrected chi connectivity index (χ0v) is 16.3. The molecule has 0 aliphatic carbocycles. The molecule has 0 amide bonds. The summed E-state index contributed by atoms with van der Waals surface area (Å²) in [7, 11) is -3.72. The highest BCUT2D eigenvalue weighted by Crippen LogP contribution is 2.42. The van der Waals surface area contributed by atoms with Crippen LogP contribution in [0.4, 0.5) is 5.69 Å². The van der Waals surface area contributed by atoms with E-state index in [1.807, 2.05) is 12.1 Å². The minimum Gasteiger partial charge on any atom is -0.489 e. The maximum atomic E-state index is 12.9. The monoisotopic (exact) mass is 423 g/mol. The minimum atomic E-state index is -3.72. The van der Waals surface area contributed by atoms with Crippen LogP contribution in [0.15, 0.2) is 59.5 Å². The van der Waals surface area contributed by atoms with Crippen molar-refractivity contribution in [3.05, 3.63) is 64.6 Å².